The van der Waals surface area contributed by atoms with Gasteiger partial charge in [0.15, 0.2) is 0 Å². The molecule has 2 aromatic rings. The molecule has 0 aromatic heterocycles. The summed E-state index contributed by atoms with van der Waals surface area (Å²) in [6.45, 7) is 0.609. The summed E-state index contributed by atoms with van der Waals surface area (Å²) in [6.07, 6.45) is 0.893. The first-order chi connectivity index (χ1) is 13.7. The summed E-state index contributed by atoms with van der Waals surface area (Å²) in [6, 6.07) is 11.8. The number of sulfonamides is 1. The number of piperidine rings is 1. The van der Waals surface area contributed by atoms with Crippen LogP contribution in [0, 0.1) is 11.2 Å². The van der Waals surface area contributed by atoms with E-state index in [2.05, 4.69) is 0 Å². The van der Waals surface area contributed by atoms with Crippen molar-refractivity contribution in [1.82, 2.24) is 4.31 Å². The molecule has 0 radical (unpaired) electrons. The molecule has 1 amide bonds. The van der Waals surface area contributed by atoms with Crippen LogP contribution >= 0.6 is 11.6 Å². The van der Waals surface area contributed by atoms with Crippen LogP contribution in [0.3, 0.4) is 0 Å². The van der Waals surface area contributed by atoms with E-state index in [1.165, 1.54) is 22.5 Å². The second kappa shape index (κ2) is 8.69. The van der Waals surface area contributed by atoms with Gasteiger partial charge in [0, 0.05) is 29.9 Å². The summed E-state index contributed by atoms with van der Waals surface area (Å²) in [5.74, 6) is -0.471. The van der Waals surface area contributed by atoms with Gasteiger partial charge in [0.2, 0.25) is 15.9 Å². The molecule has 29 heavy (non-hydrogen) atoms. The number of hydrogen-bond acceptors (Lipinski definition) is 4. The topological polar surface area (TPSA) is 89.7 Å². The molecule has 1 aliphatic heterocycles. The Labute approximate surface area is 174 Å². The number of carbonyl (C=O) groups is 1. The first-order valence-electron chi connectivity index (χ1n) is 9.13. The summed E-state index contributed by atoms with van der Waals surface area (Å²) < 4.78 is 46.2. The summed E-state index contributed by atoms with van der Waals surface area (Å²) in [7, 11) is -3.81. The van der Waals surface area contributed by atoms with Crippen LogP contribution in [-0.4, -0.2) is 38.3 Å². The Morgan fingerprint density at radius 3 is 2.41 bits per heavy atom. The predicted molar refractivity (Wildman–Crippen MR) is 108 cm³/mol. The van der Waals surface area contributed by atoms with Crippen LogP contribution in [0.1, 0.15) is 19.3 Å². The predicted octanol–water partition coefficient (Wildman–Crippen LogP) is 3.20. The van der Waals surface area contributed by atoms with Crippen LogP contribution in [0.15, 0.2) is 53.4 Å². The standard InChI is InChI=1S/C20H22ClFN2O4S/c21-15-4-6-17(7-5-15)28-14-20(13-19(23)25)8-10-24(11-9-20)29(26,27)18-3-1-2-16(22)12-18/h1-7,12H,8-11,13-14H2,(H2,23,25). The molecule has 1 fully saturated rings. The molecule has 0 aliphatic carbocycles. The van der Waals surface area contributed by atoms with E-state index < -0.39 is 27.2 Å². The SMILES string of the molecule is NC(=O)CC1(COc2ccc(Cl)cc2)CCN(S(=O)(=O)c2cccc(F)c2)CC1. The maximum absolute atomic E-state index is 13.5. The maximum Gasteiger partial charge on any atom is 0.243 e. The molecule has 0 saturated carbocycles. The third kappa shape index (κ3) is 5.26. The number of hydrogen-bond donors (Lipinski definition) is 1. The van der Waals surface area contributed by atoms with E-state index in [-0.39, 0.29) is 31.0 Å². The molecule has 1 saturated heterocycles. The lowest BCUT2D eigenvalue weighted by molar-refractivity contribution is -0.121. The maximum atomic E-state index is 13.5. The monoisotopic (exact) mass is 440 g/mol. The number of carbonyl (C=O) groups excluding carboxylic acids is 1. The number of halogens is 2. The minimum Gasteiger partial charge on any atom is -0.493 e. The number of ether oxygens (including phenoxy) is 1. The first kappa shape index (κ1) is 21.5. The number of nitrogens with two attached hydrogens (primary N) is 1. The molecule has 6 nitrogen and oxygen atoms in total. The number of benzene rings is 2. The van der Waals surface area contributed by atoms with Crippen molar-refractivity contribution in [2.24, 2.45) is 11.1 Å². The Morgan fingerprint density at radius 1 is 1.17 bits per heavy atom. The molecule has 3 rings (SSSR count). The van der Waals surface area contributed by atoms with E-state index in [9.17, 15) is 17.6 Å². The normalized spacial score (nSPS) is 17.0. The van der Waals surface area contributed by atoms with Crippen LogP contribution in [0.4, 0.5) is 4.39 Å². The first-order valence-corrected chi connectivity index (χ1v) is 10.9. The van der Waals surface area contributed by atoms with Crippen LogP contribution in [0.5, 0.6) is 5.75 Å². The molecule has 0 unspecified atom stereocenters. The highest BCUT2D eigenvalue weighted by molar-refractivity contribution is 7.89. The molecule has 9 heteroatoms. The molecule has 1 aliphatic rings. The highest BCUT2D eigenvalue weighted by atomic mass is 35.5. The fraction of sp³-hybridized carbons (Fsp3) is 0.350. The van der Waals surface area contributed by atoms with Gasteiger partial charge in [-0.25, -0.2) is 12.8 Å². The molecule has 0 atom stereocenters. The summed E-state index contributed by atoms with van der Waals surface area (Å²) in [4.78, 5) is 11.6. The van der Waals surface area contributed by atoms with Gasteiger partial charge < -0.3 is 10.5 Å². The van der Waals surface area contributed by atoms with Crippen LogP contribution in [-0.2, 0) is 14.8 Å². The van der Waals surface area contributed by atoms with Gasteiger partial charge in [-0.3, -0.25) is 4.79 Å². The molecule has 0 bridgehead atoms. The van der Waals surface area contributed by atoms with E-state index in [0.29, 0.717) is 23.6 Å². The van der Waals surface area contributed by atoms with Crippen molar-refractivity contribution >= 4 is 27.5 Å². The van der Waals surface area contributed by atoms with Crippen molar-refractivity contribution in [2.75, 3.05) is 19.7 Å². The van der Waals surface area contributed by atoms with E-state index in [0.717, 1.165) is 6.07 Å². The van der Waals surface area contributed by atoms with Gasteiger partial charge in [0.25, 0.3) is 0 Å². The highest BCUT2D eigenvalue weighted by Crippen LogP contribution is 2.37. The fourth-order valence-electron chi connectivity index (χ4n) is 3.49. The molecule has 156 valence electrons. The zero-order valence-corrected chi connectivity index (χ0v) is 17.3. The van der Waals surface area contributed by atoms with Gasteiger partial charge in [0.1, 0.15) is 11.6 Å². The highest BCUT2D eigenvalue weighted by Gasteiger charge is 2.40. The van der Waals surface area contributed by atoms with Gasteiger partial charge >= 0.3 is 0 Å². The molecule has 0 spiro atoms. The summed E-state index contributed by atoms with van der Waals surface area (Å²) in [5.41, 5.74) is 4.87. The molecular weight excluding hydrogens is 419 g/mol. The van der Waals surface area contributed by atoms with Gasteiger partial charge in [-0.15, -0.1) is 0 Å². The largest absolute Gasteiger partial charge is 0.493 e. The van der Waals surface area contributed by atoms with Crippen LogP contribution in [0.2, 0.25) is 5.02 Å². The van der Waals surface area contributed by atoms with Crippen molar-refractivity contribution < 1.29 is 22.3 Å². The van der Waals surface area contributed by atoms with E-state index in [1.807, 2.05) is 0 Å². The van der Waals surface area contributed by atoms with E-state index >= 15 is 0 Å². The van der Waals surface area contributed by atoms with Crippen LogP contribution < -0.4 is 10.5 Å². The Hall–Kier alpha value is -2.16. The fourth-order valence-corrected chi connectivity index (χ4v) is 5.09. The number of primary amides is 1. The average Bonchev–Trinajstić information content (AvgIpc) is 2.67. The smallest absolute Gasteiger partial charge is 0.243 e. The zero-order chi connectivity index (χ0) is 21.1. The molecule has 2 N–H and O–H groups in total. The molecule has 1 heterocycles. The Bertz CT molecular complexity index is 974. The third-order valence-corrected chi connectivity index (χ3v) is 7.27. The Kier molecular flexibility index (Phi) is 6.45. The Balaban J connectivity index is 1.72. The quantitative estimate of drug-likeness (QED) is 0.715. The third-order valence-electron chi connectivity index (χ3n) is 5.12. The minimum atomic E-state index is -3.81. The lowest BCUT2D eigenvalue weighted by Gasteiger charge is -2.40. The second-order valence-corrected chi connectivity index (χ2v) is 9.62. The van der Waals surface area contributed by atoms with Gasteiger partial charge in [-0.05, 0) is 55.3 Å². The van der Waals surface area contributed by atoms with E-state index in [1.54, 1.807) is 24.3 Å². The number of amides is 1. The number of rotatable bonds is 7. The van der Waals surface area contributed by atoms with Crippen molar-refractivity contribution in [2.45, 2.75) is 24.2 Å². The van der Waals surface area contributed by atoms with Crippen molar-refractivity contribution in [3.05, 3.63) is 59.4 Å². The van der Waals surface area contributed by atoms with Gasteiger partial charge in [-0.2, -0.15) is 4.31 Å². The number of nitrogens with zero attached hydrogens (tertiary/aromatic N) is 1. The van der Waals surface area contributed by atoms with Gasteiger partial charge in [-0.1, -0.05) is 17.7 Å². The molecular formula is C20H22ClFN2O4S. The lowest BCUT2D eigenvalue weighted by atomic mass is 9.76. The zero-order valence-electron chi connectivity index (χ0n) is 15.7. The van der Waals surface area contributed by atoms with E-state index in [4.69, 9.17) is 22.1 Å². The van der Waals surface area contributed by atoms with Gasteiger partial charge in [0.05, 0.1) is 11.5 Å². The summed E-state index contributed by atoms with van der Waals surface area (Å²) >= 11 is 5.87. The minimum absolute atomic E-state index is 0.0858. The average molecular weight is 441 g/mol. The summed E-state index contributed by atoms with van der Waals surface area (Å²) in [5, 5.41) is 0.583. The van der Waals surface area contributed by atoms with Crippen molar-refractivity contribution in [1.29, 1.82) is 0 Å². The Morgan fingerprint density at radius 2 is 1.83 bits per heavy atom. The lowest BCUT2D eigenvalue weighted by Crippen LogP contribution is -2.47. The van der Waals surface area contributed by atoms with Crippen LogP contribution in [0.25, 0.3) is 0 Å². The second-order valence-electron chi connectivity index (χ2n) is 7.25. The van der Waals surface area contributed by atoms with Crippen molar-refractivity contribution in [3.8, 4) is 5.75 Å². The molecule has 2 aromatic carbocycles. The van der Waals surface area contributed by atoms with Crippen molar-refractivity contribution in [3.63, 3.8) is 0 Å².